The van der Waals surface area contributed by atoms with Crippen LogP contribution in [-0.2, 0) is 50.1 Å². The topological polar surface area (TPSA) is 301 Å². The van der Waals surface area contributed by atoms with Gasteiger partial charge in [0.2, 0.25) is 23.8 Å². The first kappa shape index (κ1) is 86.6. The summed E-state index contributed by atoms with van der Waals surface area (Å²) in [4.78, 5) is 39.4. The Labute approximate surface area is 755 Å². The lowest BCUT2D eigenvalue weighted by atomic mass is 9.95. The Bertz CT molecular complexity index is 5930. The van der Waals surface area contributed by atoms with Crippen LogP contribution in [0.15, 0.2) is 195 Å². The number of aliphatic hydroxyl groups excluding tert-OH is 1. The van der Waals surface area contributed by atoms with E-state index in [1.807, 2.05) is 73.8 Å². The Hall–Kier alpha value is -11.7. The number of likely N-dealkylation sites (N-methyl/N-ethyl adjacent to an activating group) is 1. The van der Waals surface area contributed by atoms with E-state index >= 15 is 0 Å². The molecule has 0 aliphatic heterocycles. The molecular weight excluding hydrogens is 1610 g/mol. The molecule has 0 amide bonds. The Morgan fingerprint density at radius 1 is 0.411 bits per heavy atom. The highest BCUT2D eigenvalue weighted by atomic mass is 16.5. The van der Waals surface area contributed by atoms with E-state index in [0.29, 0.717) is 66.6 Å². The van der Waals surface area contributed by atoms with Gasteiger partial charge in [-0.15, -0.1) is 0 Å². The molecule has 4 bridgehead atoms. The molecule has 670 valence electrons. The Kier molecular flexibility index (Phi) is 27.8. The van der Waals surface area contributed by atoms with Crippen molar-refractivity contribution >= 4 is 90.7 Å². The largest absolute Gasteiger partial charge is 0.491 e. The van der Waals surface area contributed by atoms with Crippen LogP contribution < -0.4 is 42.0 Å². The van der Waals surface area contributed by atoms with Gasteiger partial charge in [-0.2, -0.15) is 40.3 Å². The Morgan fingerprint density at radius 3 is 1.13 bits per heavy atom. The molecule has 27 heteroatoms. The molecule has 22 rings (SSSR count). The second kappa shape index (κ2) is 41.4. The Balaban J connectivity index is 0.000000112. The van der Waals surface area contributed by atoms with E-state index in [-0.39, 0.29) is 6.61 Å². The van der Waals surface area contributed by atoms with Gasteiger partial charge < -0.3 is 56.7 Å². The van der Waals surface area contributed by atoms with Crippen LogP contribution in [0.4, 0.5) is 46.5 Å². The summed E-state index contributed by atoms with van der Waals surface area (Å²) in [5.74, 6) is 6.44. The van der Waals surface area contributed by atoms with Crippen LogP contribution in [0.2, 0.25) is 0 Å². The summed E-state index contributed by atoms with van der Waals surface area (Å²) in [6.45, 7) is 11.3. The number of anilines is 8. The zero-order valence-electron chi connectivity index (χ0n) is 74.8. The predicted octanol–water partition coefficient (Wildman–Crippen LogP) is 18.7. The third-order valence-electron chi connectivity index (χ3n) is 28.1. The molecule has 7 atom stereocenters. The number of hydrogen-bond acceptors (Lipinski definition) is 23. The minimum atomic E-state index is -0.512. The molecular formula is C102H124N24O3. The fourth-order valence-corrected chi connectivity index (χ4v) is 21.1. The first-order chi connectivity index (χ1) is 63.5. The van der Waals surface area contributed by atoms with Crippen molar-refractivity contribution in [2.45, 2.75) is 224 Å². The van der Waals surface area contributed by atoms with E-state index in [9.17, 15) is 5.11 Å². The van der Waals surface area contributed by atoms with E-state index in [0.717, 1.165) is 187 Å². The molecule has 27 nitrogen and oxygen atoms in total. The van der Waals surface area contributed by atoms with Crippen molar-refractivity contribution in [2.24, 2.45) is 23.7 Å². The predicted molar refractivity (Wildman–Crippen MR) is 510 cm³/mol. The number of ether oxygens (including phenoxy) is 2. The highest BCUT2D eigenvalue weighted by Crippen LogP contribution is 2.52. The van der Waals surface area contributed by atoms with Crippen molar-refractivity contribution in [3.05, 3.63) is 234 Å². The van der Waals surface area contributed by atoms with Gasteiger partial charge in [-0.25, -0.2) is 38.7 Å². The summed E-state index contributed by atoms with van der Waals surface area (Å²) in [6, 6.07) is 53.6. The van der Waals surface area contributed by atoms with E-state index in [1.54, 1.807) is 7.11 Å². The number of fused-ring (bicyclic) bond motifs is 10. The van der Waals surface area contributed by atoms with Crippen LogP contribution in [0, 0.1) is 23.7 Å². The van der Waals surface area contributed by atoms with Crippen LogP contribution in [0.3, 0.4) is 0 Å². The summed E-state index contributed by atoms with van der Waals surface area (Å²) in [7, 11) is 1.74. The Morgan fingerprint density at radius 2 is 0.775 bits per heavy atom. The third kappa shape index (κ3) is 21.4. The number of rotatable bonds is 31. The van der Waals surface area contributed by atoms with Gasteiger partial charge in [-0.1, -0.05) is 150 Å². The van der Waals surface area contributed by atoms with Crippen molar-refractivity contribution in [1.29, 1.82) is 0 Å². The lowest BCUT2D eigenvalue weighted by Gasteiger charge is -2.22. The maximum atomic E-state index is 10.2. The van der Waals surface area contributed by atoms with E-state index in [1.165, 1.54) is 142 Å². The summed E-state index contributed by atoms with van der Waals surface area (Å²) in [6.07, 6.45) is 43.1. The monoisotopic (exact) mass is 1730 g/mol. The summed E-state index contributed by atoms with van der Waals surface area (Å²) >= 11 is 0. The number of benzene rings is 6. The SMILES string of the molecule is CCN(CC)CC(O)COc1ccc(Nc2ncc3cnn(C4CCCCC4)c3n2)cc1.COCCCNCc1ccc(Nc2ncc3cnn([C@H]4C[C@@H]5CC[C@H]4C5)c3n2)cc1.c1ccc2c(c1)CC(NCc1ccc(Nc3ncc4cnn(C5CCCCC5)c4n3)cc1)C2.c1ccc2c(c1)CC(NCc1ccc(Nc3ncc4cnn([C@H]5C[C@@H]6CC[C@H]5C6)c4n3)cc1)C2. The lowest BCUT2D eigenvalue weighted by molar-refractivity contribution is 0.0716. The molecule has 8 heterocycles. The van der Waals surface area contributed by atoms with Crippen LogP contribution in [-0.4, -0.2) is 154 Å². The minimum absolute atomic E-state index is 0.272. The zero-order chi connectivity index (χ0) is 87.2. The quantitative estimate of drug-likeness (QED) is 0.0187. The molecule has 8 aliphatic carbocycles. The average Bonchev–Trinajstić information content (AvgIpc) is 1.62. The van der Waals surface area contributed by atoms with Gasteiger partial charge in [-0.05, 0) is 239 Å². The van der Waals surface area contributed by atoms with Crippen molar-refractivity contribution in [1.82, 2.24) is 99.8 Å². The number of aliphatic hydroxyl groups is 1. The number of aromatic nitrogens is 16. The molecule has 1 unspecified atom stereocenters. The molecule has 14 aromatic rings. The third-order valence-corrected chi connectivity index (χ3v) is 28.1. The molecule has 129 heavy (non-hydrogen) atoms. The van der Waals surface area contributed by atoms with Crippen molar-refractivity contribution < 1.29 is 14.6 Å². The smallest absolute Gasteiger partial charge is 0.229 e. The van der Waals surface area contributed by atoms with Gasteiger partial charge in [-0.3, -0.25) is 0 Å². The normalized spacial score (nSPS) is 19.8. The van der Waals surface area contributed by atoms with Gasteiger partial charge in [0.15, 0.2) is 22.6 Å². The van der Waals surface area contributed by atoms with Crippen LogP contribution in [0.5, 0.6) is 5.75 Å². The number of hydrogen-bond donors (Lipinski definition) is 8. The van der Waals surface area contributed by atoms with E-state index in [2.05, 4.69) is 231 Å². The lowest BCUT2D eigenvalue weighted by Crippen LogP contribution is -2.35. The fraction of sp³-hybridized carbons (Fsp3) is 0.451. The molecule has 8 N–H and O–H groups in total. The molecule has 0 spiro atoms. The molecule has 6 fully saturated rings. The molecule has 6 saturated carbocycles. The molecule has 8 aliphatic rings. The van der Waals surface area contributed by atoms with Crippen molar-refractivity contribution in [3.63, 3.8) is 0 Å². The maximum absolute atomic E-state index is 10.2. The number of nitrogens with zero attached hydrogens (tertiary/aromatic N) is 17. The number of methoxy groups -OCH3 is 1. The first-order valence-electron chi connectivity index (χ1n) is 47.7. The second-order valence-corrected chi connectivity index (χ2v) is 36.9. The summed E-state index contributed by atoms with van der Waals surface area (Å²) in [5, 5.41) is 57.0. The van der Waals surface area contributed by atoms with Crippen molar-refractivity contribution in [3.8, 4) is 5.75 Å². The summed E-state index contributed by atoms with van der Waals surface area (Å²) in [5.41, 5.74) is 17.3. The van der Waals surface area contributed by atoms with Gasteiger partial charge in [0.1, 0.15) is 18.5 Å². The summed E-state index contributed by atoms with van der Waals surface area (Å²) < 4.78 is 19.3. The van der Waals surface area contributed by atoms with Gasteiger partial charge in [0.25, 0.3) is 0 Å². The van der Waals surface area contributed by atoms with Crippen LogP contribution >= 0.6 is 0 Å². The minimum Gasteiger partial charge on any atom is -0.491 e. The van der Waals surface area contributed by atoms with E-state index < -0.39 is 6.10 Å². The average molecular weight is 1730 g/mol. The molecule has 8 aromatic heterocycles. The standard InChI is InChI=1S/C28H30N6.C27H30N6.C24H34N6O2.C23H30N6O/c1-2-4-21-14-25(13-20(21)3-1)29-15-18-6-9-24(10-7-18)32-28-30-16-23-17-31-34(27(23)33-28)26-12-19-5-8-22(26)11-19;1-2-8-25(9-3-1)33-26-22(18-30-33)17-29-27(32-26)31-23-12-10-19(11-13-23)16-28-24-14-20-6-4-5-7-21(20)15-24;1-3-29(4-2)16-21(31)17-32-22-12-10-19(11-13-22)27-24-25-14-18-15-26-30(23(18)28-24)20-8-6-5-7-9-20;1-30-10-2-9-24-13-16-4-7-20(8-5-16)27-23-25-14-19-15-26-29(22(19)28-23)21-12-17-3-6-18(21)11-17/h1-4,6-7,9-10,16-17,19,22,25-26,29H,5,8,11-15H2,(H,30,32,33);4-7,10-13,17-18,24-25,28H,1-3,8-9,14-16H2,(H,29,31,32);10-15,20-21,31H,3-9,16-17H2,1-2H3,(H,25,27,28);4-5,7-8,14-15,17-18,21,24H,2-3,6,9-13H2,1H3,(H,25,27,28)/t19-,22+,26+;;;17-,18+,21+/m1..1/s1. The highest BCUT2D eigenvalue weighted by molar-refractivity contribution is 5.78. The first-order valence-corrected chi connectivity index (χ1v) is 47.7. The van der Waals surface area contributed by atoms with Gasteiger partial charge >= 0.3 is 0 Å². The molecule has 6 aromatic carbocycles. The zero-order valence-corrected chi connectivity index (χ0v) is 74.8. The molecule has 0 radical (unpaired) electrons. The number of nitrogens with one attached hydrogen (secondary N) is 7. The highest BCUT2D eigenvalue weighted by Gasteiger charge is 2.43. The van der Waals surface area contributed by atoms with Crippen LogP contribution in [0.1, 0.15) is 199 Å². The molecule has 0 saturated heterocycles. The van der Waals surface area contributed by atoms with Gasteiger partial charge in [0, 0.05) is 99.5 Å². The van der Waals surface area contributed by atoms with Crippen LogP contribution in [0.25, 0.3) is 44.1 Å². The van der Waals surface area contributed by atoms with E-state index in [4.69, 9.17) is 34.5 Å². The second-order valence-electron chi connectivity index (χ2n) is 36.9. The maximum Gasteiger partial charge on any atom is 0.229 e. The van der Waals surface area contributed by atoms with Crippen molar-refractivity contribution in [2.75, 3.05) is 67.8 Å². The fourth-order valence-electron chi connectivity index (χ4n) is 21.1. The van der Waals surface area contributed by atoms with Gasteiger partial charge in [0.05, 0.1) is 70.5 Å².